The van der Waals surface area contributed by atoms with Gasteiger partial charge in [-0.15, -0.1) is 34.8 Å². The van der Waals surface area contributed by atoms with Crippen molar-refractivity contribution in [2.75, 3.05) is 17.6 Å². The van der Waals surface area contributed by atoms with E-state index in [4.69, 9.17) is 34.8 Å². The lowest BCUT2D eigenvalue weighted by Crippen LogP contribution is -2.26. The molecular formula is C7H13Cl3. The molecule has 0 heterocycles. The van der Waals surface area contributed by atoms with Crippen LogP contribution in [-0.2, 0) is 0 Å². The quantitative estimate of drug-likeness (QED) is 0.600. The molecule has 0 aromatic rings. The summed E-state index contributed by atoms with van der Waals surface area (Å²) in [5, 5.41) is 0. The van der Waals surface area contributed by atoms with E-state index in [1.165, 1.54) is 0 Å². The molecular weight excluding hydrogens is 190 g/mol. The van der Waals surface area contributed by atoms with E-state index in [0.29, 0.717) is 17.6 Å². The second kappa shape index (κ2) is 5.51. The largest absolute Gasteiger partial charge is 0.126 e. The first-order valence-electron chi connectivity index (χ1n) is 3.42. The summed E-state index contributed by atoms with van der Waals surface area (Å²) in [4.78, 5) is 0. The van der Waals surface area contributed by atoms with E-state index in [-0.39, 0.29) is 5.41 Å². The highest BCUT2D eigenvalue weighted by Crippen LogP contribution is 2.28. The lowest BCUT2D eigenvalue weighted by molar-refractivity contribution is 0.392. The molecule has 0 fully saturated rings. The summed E-state index contributed by atoms with van der Waals surface area (Å²) in [5.74, 6) is 1.69. The highest BCUT2D eigenvalue weighted by atomic mass is 35.5. The van der Waals surface area contributed by atoms with Crippen molar-refractivity contribution < 1.29 is 0 Å². The Morgan fingerprint density at radius 2 is 1.40 bits per heavy atom. The van der Waals surface area contributed by atoms with Gasteiger partial charge in [0.1, 0.15) is 0 Å². The van der Waals surface area contributed by atoms with Crippen molar-refractivity contribution in [3.8, 4) is 0 Å². The number of alkyl halides is 3. The Morgan fingerprint density at radius 1 is 1.00 bits per heavy atom. The third kappa shape index (κ3) is 2.86. The van der Waals surface area contributed by atoms with Crippen molar-refractivity contribution in [1.29, 1.82) is 0 Å². The molecule has 62 valence electrons. The van der Waals surface area contributed by atoms with E-state index in [9.17, 15) is 0 Å². The second-order valence-corrected chi connectivity index (χ2v) is 3.45. The van der Waals surface area contributed by atoms with Gasteiger partial charge in [-0.05, 0) is 6.42 Å². The van der Waals surface area contributed by atoms with Gasteiger partial charge in [0, 0.05) is 23.1 Å². The SMILES string of the molecule is CCCC(CCl)(CCl)CCl. The Bertz CT molecular complexity index is 70.7. The number of halogens is 3. The minimum Gasteiger partial charge on any atom is -0.126 e. The van der Waals surface area contributed by atoms with Crippen LogP contribution in [0.15, 0.2) is 0 Å². The van der Waals surface area contributed by atoms with Gasteiger partial charge in [-0.25, -0.2) is 0 Å². The molecule has 0 aliphatic carbocycles. The van der Waals surface area contributed by atoms with Crippen molar-refractivity contribution in [3.05, 3.63) is 0 Å². The molecule has 10 heavy (non-hydrogen) atoms. The molecule has 0 rings (SSSR count). The van der Waals surface area contributed by atoms with Crippen LogP contribution in [0.25, 0.3) is 0 Å². The van der Waals surface area contributed by atoms with Crippen LogP contribution in [0, 0.1) is 5.41 Å². The molecule has 0 radical (unpaired) electrons. The fraction of sp³-hybridized carbons (Fsp3) is 1.00. The number of hydrogen-bond donors (Lipinski definition) is 0. The molecule has 0 amide bonds. The van der Waals surface area contributed by atoms with E-state index in [1.54, 1.807) is 0 Å². The molecule has 0 spiro atoms. The summed E-state index contributed by atoms with van der Waals surface area (Å²) in [6.07, 6.45) is 2.11. The lowest BCUT2D eigenvalue weighted by atomic mass is 9.90. The Morgan fingerprint density at radius 3 is 1.50 bits per heavy atom. The van der Waals surface area contributed by atoms with Gasteiger partial charge in [0.25, 0.3) is 0 Å². The predicted octanol–water partition coefficient (Wildman–Crippen LogP) is 3.49. The first kappa shape index (κ1) is 10.9. The van der Waals surface area contributed by atoms with Crippen LogP contribution in [0.3, 0.4) is 0 Å². The van der Waals surface area contributed by atoms with Crippen LogP contribution in [0.5, 0.6) is 0 Å². The second-order valence-electron chi connectivity index (χ2n) is 2.65. The minimum absolute atomic E-state index is 0.0284. The Balaban J connectivity index is 3.87. The monoisotopic (exact) mass is 202 g/mol. The van der Waals surface area contributed by atoms with Gasteiger partial charge >= 0.3 is 0 Å². The van der Waals surface area contributed by atoms with Gasteiger partial charge in [0.2, 0.25) is 0 Å². The fourth-order valence-corrected chi connectivity index (χ4v) is 2.10. The fourth-order valence-electron chi connectivity index (χ4n) is 0.838. The lowest BCUT2D eigenvalue weighted by Gasteiger charge is -2.25. The smallest absolute Gasteiger partial charge is 0.0302 e. The average Bonchev–Trinajstić information content (AvgIpc) is 2.01. The van der Waals surface area contributed by atoms with Gasteiger partial charge in [-0.2, -0.15) is 0 Å². The third-order valence-corrected chi connectivity index (χ3v) is 3.33. The van der Waals surface area contributed by atoms with Crippen molar-refractivity contribution in [1.82, 2.24) is 0 Å². The minimum atomic E-state index is -0.0284. The van der Waals surface area contributed by atoms with Gasteiger partial charge in [0.05, 0.1) is 0 Å². The Labute approximate surface area is 77.8 Å². The molecule has 0 aliphatic heterocycles. The summed E-state index contributed by atoms with van der Waals surface area (Å²) < 4.78 is 0. The van der Waals surface area contributed by atoms with Crippen LogP contribution >= 0.6 is 34.8 Å². The molecule has 0 bridgehead atoms. The normalized spacial score (nSPS) is 12.0. The number of rotatable bonds is 5. The predicted molar refractivity (Wildman–Crippen MR) is 49.5 cm³/mol. The first-order chi connectivity index (χ1) is 4.74. The zero-order valence-corrected chi connectivity index (χ0v) is 8.44. The standard InChI is InChI=1S/C7H13Cl3/c1-2-3-7(4-8,5-9)6-10/h2-6H2,1H3. The van der Waals surface area contributed by atoms with Crippen LogP contribution in [-0.4, -0.2) is 17.6 Å². The van der Waals surface area contributed by atoms with E-state index in [0.717, 1.165) is 12.8 Å². The summed E-state index contributed by atoms with van der Waals surface area (Å²) >= 11 is 17.2. The maximum Gasteiger partial charge on any atom is 0.0302 e. The maximum absolute atomic E-state index is 5.73. The maximum atomic E-state index is 5.73. The van der Waals surface area contributed by atoms with Crippen LogP contribution in [0.1, 0.15) is 19.8 Å². The summed E-state index contributed by atoms with van der Waals surface area (Å²) in [5.41, 5.74) is -0.0284. The summed E-state index contributed by atoms with van der Waals surface area (Å²) in [6.45, 7) is 2.11. The van der Waals surface area contributed by atoms with Gasteiger partial charge in [-0.1, -0.05) is 13.3 Å². The highest BCUT2D eigenvalue weighted by molar-refractivity contribution is 6.24. The molecule has 0 atom stereocenters. The molecule has 0 aliphatic rings. The molecule has 0 saturated heterocycles. The molecule has 0 aromatic carbocycles. The molecule has 3 heteroatoms. The van der Waals surface area contributed by atoms with Crippen molar-refractivity contribution in [2.45, 2.75) is 19.8 Å². The van der Waals surface area contributed by atoms with Crippen LogP contribution < -0.4 is 0 Å². The van der Waals surface area contributed by atoms with E-state index in [1.807, 2.05) is 0 Å². The zero-order valence-electron chi connectivity index (χ0n) is 6.17. The van der Waals surface area contributed by atoms with E-state index >= 15 is 0 Å². The van der Waals surface area contributed by atoms with E-state index in [2.05, 4.69) is 6.92 Å². The molecule has 0 saturated carbocycles. The summed E-state index contributed by atoms with van der Waals surface area (Å²) in [7, 11) is 0. The molecule has 0 N–H and O–H groups in total. The summed E-state index contributed by atoms with van der Waals surface area (Å²) in [6, 6.07) is 0. The molecule has 0 aromatic heterocycles. The van der Waals surface area contributed by atoms with Crippen molar-refractivity contribution in [3.63, 3.8) is 0 Å². The third-order valence-electron chi connectivity index (χ3n) is 1.63. The molecule has 0 unspecified atom stereocenters. The van der Waals surface area contributed by atoms with Crippen LogP contribution in [0.2, 0.25) is 0 Å². The number of hydrogen-bond acceptors (Lipinski definition) is 0. The average molecular weight is 204 g/mol. The van der Waals surface area contributed by atoms with Gasteiger partial charge in [-0.3, -0.25) is 0 Å². The van der Waals surface area contributed by atoms with E-state index < -0.39 is 0 Å². The first-order valence-corrected chi connectivity index (χ1v) is 5.03. The topological polar surface area (TPSA) is 0 Å². The Hall–Kier alpha value is 0.870. The highest BCUT2D eigenvalue weighted by Gasteiger charge is 2.25. The van der Waals surface area contributed by atoms with Gasteiger partial charge in [0.15, 0.2) is 0 Å². The van der Waals surface area contributed by atoms with Crippen molar-refractivity contribution in [2.24, 2.45) is 5.41 Å². The molecule has 0 nitrogen and oxygen atoms in total. The Kier molecular flexibility index (Phi) is 5.99. The van der Waals surface area contributed by atoms with Crippen molar-refractivity contribution >= 4 is 34.8 Å². The van der Waals surface area contributed by atoms with Gasteiger partial charge < -0.3 is 0 Å². The van der Waals surface area contributed by atoms with Crippen LogP contribution in [0.4, 0.5) is 0 Å². The zero-order chi connectivity index (χ0) is 8.04.